The second-order valence-electron chi connectivity index (χ2n) is 8.36. The number of hydrogen-bond donors (Lipinski definition) is 3. The van der Waals surface area contributed by atoms with Crippen molar-refractivity contribution < 1.29 is 14.3 Å². The van der Waals surface area contributed by atoms with Gasteiger partial charge < -0.3 is 20.7 Å². The Labute approximate surface area is 221 Å². The summed E-state index contributed by atoms with van der Waals surface area (Å²) in [6.07, 6.45) is 11.9. The van der Waals surface area contributed by atoms with Crippen molar-refractivity contribution in [2.24, 2.45) is 7.05 Å². The van der Waals surface area contributed by atoms with E-state index >= 15 is 0 Å². The zero-order valence-corrected chi connectivity index (χ0v) is 22.8. The summed E-state index contributed by atoms with van der Waals surface area (Å²) in [6.45, 7) is 11.2. The maximum absolute atomic E-state index is 11.9. The van der Waals surface area contributed by atoms with Crippen LogP contribution in [-0.2, 0) is 21.4 Å². The molecule has 0 bridgehead atoms. The molecule has 2 amide bonds. The summed E-state index contributed by atoms with van der Waals surface area (Å²) in [5.41, 5.74) is 3.73. The summed E-state index contributed by atoms with van der Waals surface area (Å²) in [5.74, 6) is -0.0730. The minimum atomic E-state index is -0.0730. The minimum absolute atomic E-state index is 0.0140. The van der Waals surface area contributed by atoms with Crippen LogP contribution >= 0.6 is 11.3 Å². The van der Waals surface area contributed by atoms with Crippen LogP contribution in [-0.4, -0.2) is 75.5 Å². The molecule has 1 unspecified atom stereocenters. The molecule has 3 N–H and O–H groups in total. The Hall–Kier alpha value is -3.48. The molecule has 1 saturated heterocycles. The van der Waals surface area contributed by atoms with E-state index < -0.39 is 0 Å². The van der Waals surface area contributed by atoms with Gasteiger partial charge in [0.1, 0.15) is 4.83 Å². The van der Waals surface area contributed by atoms with Crippen molar-refractivity contribution in [2.75, 3.05) is 32.8 Å². The van der Waals surface area contributed by atoms with Crippen molar-refractivity contribution in [2.45, 2.75) is 33.7 Å². The third kappa shape index (κ3) is 7.75. The van der Waals surface area contributed by atoms with Crippen LogP contribution in [0.5, 0.6) is 0 Å². The average molecular weight is 529 g/mol. The molecule has 0 spiro atoms. The third-order valence-corrected chi connectivity index (χ3v) is 6.87. The zero-order chi connectivity index (χ0) is 26.8. The van der Waals surface area contributed by atoms with Gasteiger partial charge in [0.25, 0.3) is 0 Å². The number of dihydropyridines is 1. The monoisotopic (exact) mass is 528 g/mol. The molecule has 3 aromatic heterocycles. The van der Waals surface area contributed by atoms with Gasteiger partial charge in [-0.3, -0.25) is 19.2 Å². The number of aromatic nitrogens is 4. The Morgan fingerprint density at radius 3 is 2.65 bits per heavy atom. The number of ether oxygens (including phenoxy) is 1. The van der Waals surface area contributed by atoms with E-state index in [2.05, 4.69) is 33.1 Å². The molecule has 37 heavy (non-hydrogen) atoms. The van der Waals surface area contributed by atoms with Gasteiger partial charge in [-0.05, 0) is 19.9 Å². The van der Waals surface area contributed by atoms with E-state index in [9.17, 15) is 9.59 Å². The van der Waals surface area contributed by atoms with Crippen LogP contribution in [0, 0.1) is 6.92 Å². The van der Waals surface area contributed by atoms with E-state index in [1.54, 1.807) is 23.6 Å². The van der Waals surface area contributed by atoms with E-state index in [4.69, 9.17) is 4.74 Å². The highest BCUT2D eigenvalue weighted by Gasteiger charge is 2.17. The Morgan fingerprint density at radius 2 is 2.00 bits per heavy atom. The Bertz CT molecular complexity index is 1240. The molecule has 5 rings (SSSR count). The van der Waals surface area contributed by atoms with Crippen molar-refractivity contribution in [3.8, 4) is 10.4 Å². The number of carbonyl (C=O) groups is 2. The van der Waals surface area contributed by atoms with Crippen molar-refractivity contribution >= 4 is 28.5 Å². The Balaban J connectivity index is 0.000000199. The van der Waals surface area contributed by atoms with Crippen molar-refractivity contribution in [1.29, 1.82) is 0 Å². The number of hydrogen-bond acceptors (Lipinski definition) is 8. The second kappa shape index (κ2) is 13.7. The molecule has 200 valence electrons. The van der Waals surface area contributed by atoms with Gasteiger partial charge in [-0.2, -0.15) is 10.2 Å². The smallest absolute Gasteiger partial charge is 0.238 e. The third-order valence-electron chi connectivity index (χ3n) is 5.60. The summed E-state index contributed by atoms with van der Waals surface area (Å²) < 4.78 is 8.97. The predicted octanol–water partition coefficient (Wildman–Crippen LogP) is 2.03. The molecule has 0 aromatic carbocycles. The van der Waals surface area contributed by atoms with Crippen molar-refractivity contribution in [3.63, 3.8) is 0 Å². The van der Waals surface area contributed by atoms with Crippen LogP contribution in [0.1, 0.15) is 26.3 Å². The number of rotatable bonds is 6. The number of aryl methyl sites for hydroxylation is 2. The number of fused-ring (bicyclic) bond motifs is 1. The lowest BCUT2D eigenvalue weighted by Crippen LogP contribution is -2.43. The molecule has 1 atom stereocenters. The van der Waals surface area contributed by atoms with E-state index in [-0.39, 0.29) is 11.9 Å². The molecule has 11 nitrogen and oxygen atoms in total. The highest BCUT2D eigenvalue weighted by atomic mass is 32.1. The number of thiazole rings is 1. The maximum Gasteiger partial charge on any atom is 0.238 e. The average Bonchev–Trinajstić information content (AvgIpc) is 3.61. The standard InChI is InChI=1S/C13H20N4O3.C10H10N4S.C2H6/c1-10-12(15-9-18)6-11(7-14-10)16-13(19)8-17-2-4-20-5-3-17;1-7-3-12-14-6-9(15-10(7)14)8-4-11-13(2)5-8;1-2/h6-7,9-10,14H,2-5,8H2,1H3,(H,15,18)(H,16,19);3-6H,1-2H3;1-2H3. The van der Waals surface area contributed by atoms with E-state index in [0.29, 0.717) is 31.9 Å². The van der Waals surface area contributed by atoms with Crippen molar-refractivity contribution in [3.05, 3.63) is 54.0 Å². The Kier molecular flexibility index (Phi) is 10.4. The Morgan fingerprint density at radius 1 is 1.24 bits per heavy atom. The molecule has 2 aliphatic rings. The molecule has 1 fully saturated rings. The van der Waals surface area contributed by atoms with Gasteiger partial charge in [0.05, 0.1) is 48.8 Å². The summed E-state index contributed by atoms with van der Waals surface area (Å²) >= 11 is 1.74. The summed E-state index contributed by atoms with van der Waals surface area (Å²) in [5, 5.41) is 16.9. The first-order chi connectivity index (χ1) is 17.9. The van der Waals surface area contributed by atoms with Gasteiger partial charge in [0, 0.05) is 55.6 Å². The molecule has 2 aliphatic heterocycles. The van der Waals surface area contributed by atoms with Crippen LogP contribution in [0.3, 0.4) is 0 Å². The highest BCUT2D eigenvalue weighted by molar-refractivity contribution is 7.20. The fourth-order valence-electron chi connectivity index (χ4n) is 3.69. The van der Waals surface area contributed by atoms with Gasteiger partial charge in [0.2, 0.25) is 12.3 Å². The van der Waals surface area contributed by atoms with E-state index in [0.717, 1.165) is 24.4 Å². The first-order valence-corrected chi connectivity index (χ1v) is 13.2. The number of carbonyl (C=O) groups excluding carboxylic acids is 2. The summed E-state index contributed by atoms with van der Waals surface area (Å²) in [6, 6.07) is 0.0140. The predicted molar refractivity (Wildman–Crippen MR) is 145 cm³/mol. The van der Waals surface area contributed by atoms with Crippen molar-refractivity contribution in [1.82, 2.24) is 40.2 Å². The first kappa shape index (κ1) is 28.1. The van der Waals surface area contributed by atoms with Gasteiger partial charge in [-0.15, -0.1) is 11.3 Å². The van der Waals surface area contributed by atoms with E-state index in [1.807, 2.05) is 66.7 Å². The molecule has 12 heteroatoms. The number of allylic oxidation sites excluding steroid dienone is 1. The SMILES string of the molecule is CC.CC1NC=C(NC(=O)CN2CCOCC2)C=C1NC=O.Cc1cnn2cc(-c3cnn(C)c3)sc12. The lowest BCUT2D eigenvalue weighted by molar-refractivity contribution is -0.122. The normalized spacial score (nSPS) is 17.3. The van der Waals surface area contributed by atoms with Gasteiger partial charge in [0.15, 0.2) is 0 Å². The fourth-order valence-corrected chi connectivity index (χ4v) is 4.68. The molecular formula is C25H36N8O3S. The van der Waals surface area contributed by atoms with Crippen LogP contribution in [0.25, 0.3) is 15.3 Å². The van der Waals surface area contributed by atoms with Crippen LogP contribution in [0.4, 0.5) is 0 Å². The number of nitrogens with one attached hydrogen (secondary N) is 3. The van der Waals surface area contributed by atoms with Crippen LogP contribution in [0.2, 0.25) is 0 Å². The highest BCUT2D eigenvalue weighted by Crippen LogP contribution is 2.29. The molecular weight excluding hydrogens is 492 g/mol. The van der Waals surface area contributed by atoms with E-state index in [1.165, 1.54) is 15.3 Å². The summed E-state index contributed by atoms with van der Waals surface area (Å²) in [7, 11) is 1.92. The molecule has 0 aliphatic carbocycles. The second-order valence-corrected chi connectivity index (χ2v) is 9.39. The maximum atomic E-state index is 11.9. The number of amides is 2. The van der Waals surface area contributed by atoms with Gasteiger partial charge in [-0.1, -0.05) is 13.8 Å². The lowest BCUT2D eigenvalue weighted by Gasteiger charge is -2.26. The minimum Gasteiger partial charge on any atom is -0.381 e. The molecule has 3 aromatic rings. The molecule has 5 heterocycles. The summed E-state index contributed by atoms with van der Waals surface area (Å²) in [4.78, 5) is 26.9. The molecule has 0 saturated carbocycles. The molecule has 0 radical (unpaired) electrons. The zero-order valence-electron chi connectivity index (χ0n) is 22.0. The van der Waals surface area contributed by atoms with Crippen LogP contribution in [0.15, 0.2) is 48.5 Å². The van der Waals surface area contributed by atoms with Gasteiger partial charge in [-0.25, -0.2) is 4.52 Å². The van der Waals surface area contributed by atoms with Crippen LogP contribution < -0.4 is 16.0 Å². The first-order valence-electron chi connectivity index (χ1n) is 12.3. The lowest BCUT2D eigenvalue weighted by atomic mass is 10.1. The van der Waals surface area contributed by atoms with Gasteiger partial charge >= 0.3 is 0 Å². The number of morpholine rings is 1. The fraction of sp³-hybridized carbons (Fsp3) is 0.440. The number of nitrogens with zero attached hydrogens (tertiary/aromatic N) is 5. The quantitative estimate of drug-likeness (QED) is 0.419. The topological polar surface area (TPSA) is 118 Å². The largest absolute Gasteiger partial charge is 0.381 e.